The van der Waals surface area contributed by atoms with Crippen LogP contribution in [0.1, 0.15) is 6.92 Å². The summed E-state index contributed by atoms with van der Waals surface area (Å²) < 4.78 is 15.1. The van der Waals surface area contributed by atoms with Crippen molar-refractivity contribution in [2.75, 3.05) is 39.6 Å². The van der Waals surface area contributed by atoms with Crippen LogP contribution in [0.3, 0.4) is 0 Å². The van der Waals surface area contributed by atoms with Gasteiger partial charge >= 0.3 is 0 Å². The van der Waals surface area contributed by atoms with Gasteiger partial charge in [0.05, 0.1) is 33.0 Å². The maximum atomic E-state index is 8.38. The number of rotatable bonds is 9. The monoisotopic (exact) mass is 193 g/mol. The van der Waals surface area contributed by atoms with E-state index in [0.29, 0.717) is 33.0 Å². The number of hydrogen-bond acceptors (Lipinski definition) is 5. The number of nitrogens with two attached hydrogens (primary N) is 1. The van der Waals surface area contributed by atoms with E-state index in [2.05, 4.69) is 0 Å². The summed E-state index contributed by atoms with van der Waals surface area (Å²) in [6, 6.07) is 0. The van der Waals surface area contributed by atoms with Crippen LogP contribution in [0.15, 0.2) is 0 Å². The summed E-state index contributed by atoms with van der Waals surface area (Å²) in [7, 11) is 0. The van der Waals surface area contributed by atoms with E-state index in [9.17, 15) is 0 Å². The first-order chi connectivity index (χ1) is 6.31. The maximum absolute atomic E-state index is 8.38. The van der Waals surface area contributed by atoms with Crippen LogP contribution in [0, 0.1) is 0 Å². The largest absolute Gasteiger partial charge is 0.394 e. The molecule has 1 unspecified atom stereocenters. The molecule has 0 spiro atoms. The molecule has 0 saturated carbocycles. The van der Waals surface area contributed by atoms with Crippen LogP contribution in [-0.2, 0) is 14.2 Å². The lowest BCUT2D eigenvalue weighted by molar-refractivity contribution is -0.0273. The summed E-state index contributed by atoms with van der Waals surface area (Å²) in [6.07, 6.45) is -0.358. The Morgan fingerprint density at radius 1 is 1.23 bits per heavy atom. The fraction of sp³-hybridized carbons (Fsp3) is 1.00. The van der Waals surface area contributed by atoms with Crippen molar-refractivity contribution >= 4 is 0 Å². The molecule has 5 nitrogen and oxygen atoms in total. The van der Waals surface area contributed by atoms with Gasteiger partial charge in [-0.1, -0.05) is 0 Å². The Bertz CT molecular complexity index is 102. The zero-order valence-electron chi connectivity index (χ0n) is 8.07. The van der Waals surface area contributed by atoms with Crippen LogP contribution in [0.2, 0.25) is 0 Å². The molecule has 0 aliphatic rings. The van der Waals surface area contributed by atoms with E-state index in [-0.39, 0.29) is 12.8 Å². The molecule has 0 heterocycles. The van der Waals surface area contributed by atoms with E-state index in [1.165, 1.54) is 0 Å². The van der Waals surface area contributed by atoms with Gasteiger partial charge in [0.25, 0.3) is 0 Å². The standard InChI is InChI=1S/C8H19NO4/c1-2-13-8(9)7-12-6-5-11-4-3-10/h8,10H,2-7,9H2,1H3. The third-order valence-corrected chi connectivity index (χ3v) is 1.27. The molecule has 0 fully saturated rings. The summed E-state index contributed by atoms with van der Waals surface area (Å²) in [4.78, 5) is 0. The Labute approximate surface area is 78.8 Å². The minimum Gasteiger partial charge on any atom is -0.394 e. The molecule has 0 aliphatic carbocycles. The highest BCUT2D eigenvalue weighted by atomic mass is 16.6. The lowest BCUT2D eigenvalue weighted by Crippen LogP contribution is -2.30. The number of aliphatic hydroxyl groups is 1. The molecular weight excluding hydrogens is 174 g/mol. The summed E-state index contributed by atoms with van der Waals surface area (Å²) >= 11 is 0. The first-order valence-electron chi connectivity index (χ1n) is 4.44. The number of hydrogen-bond donors (Lipinski definition) is 2. The van der Waals surface area contributed by atoms with E-state index < -0.39 is 0 Å². The van der Waals surface area contributed by atoms with Gasteiger partial charge in [-0.2, -0.15) is 0 Å². The van der Waals surface area contributed by atoms with Gasteiger partial charge in [-0.15, -0.1) is 0 Å². The molecule has 5 heteroatoms. The van der Waals surface area contributed by atoms with E-state index in [1.54, 1.807) is 0 Å². The average molecular weight is 193 g/mol. The summed E-state index contributed by atoms with van der Waals surface area (Å²) in [5, 5.41) is 8.38. The average Bonchev–Trinajstić information content (AvgIpc) is 2.11. The smallest absolute Gasteiger partial charge is 0.129 e. The Hall–Kier alpha value is -0.200. The third-order valence-electron chi connectivity index (χ3n) is 1.27. The highest BCUT2D eigenvalue weighted by Crippen LogP contribution is 1.85. The topological polar surface area (TPSA) is 73.9 Å². The second kappa shape index (κ2) is 9.88. The molecule has 0 aliphatic heterocycles. The van der Waals surface area contributed by atoms with Gasteiger partial charge in [-0.05, 0) is 6.92 Å². The fourth-order valence-corrected chi connectivity index (χ4v) is 0.746. The molecule has 0 saturated heterocycles. The minimum absolute atomic E-state index is 0.0401. The van der Waals surface area contributed by atoms with Gasteiger partial charge in [0.15, 0.2) is 0 Å². The maximum Gasteiger partial charge on any atom is 0.129 e. The molecule has 0 radical (unpaired) electrons. The predicted molar refractivity (Wildman–Crippen MR) is 48.3 cm³/mol. The van der Waals surface area contributed by atoms with Crippen LogP contribution < -0.4 is 5.73 Å². The molecule has 0 aromatic heterocycles. The van der Waals surface area contributed by atoms with E-state index in [4.69, 9.17) is 25.1 Å². The quantitative estimate of drug-likeness (QED) is 0.375. The van der Waals surface area contributed by atoms with Gasteiger partial charge in [0.1, 0.15) is 6.23 Å². The van der Waals surface area contributed by atoms with Crippen LogP contribution in [-0.4, -0.2) is 51.0 Å². The zero-order valence-corrected chi connectivity index (χ0v) is 8.07. The SMILES string of the molecule is CCOC(N)COCCOCCO. The molecule has 1 atom stereocenters. The summed E-state index contributed by atoms with van der Waals surface area (Å²) in [5.41, 5.74) is 5.50. The Balaban J connectivity index is 2.97. The van der Waals surface area contributed by atoms with Crippen molar-refractivity contribution in [1.29, 1.82) is 0 Å². The Morgan fingerprint density at radius 2 is 1.92 bits per heavy atom. The van der Waals surface area contributed by atoms with E-state index in [0.717, 1.165) is 0 Å². The molecule has 0 aromatic rings. The van der Waals surface area contributed by atoms with Crippen molar-refractivity contribution in [3.05, 3.63) is 0 Å². The number of aliphatic hydroxyl groups excluding tert-OH is 1. The molecular formula is C8H19NO4. The van der Waals surface area contributed by atoms with Crippen molar-refractivity contribution in [3.63, 3.8) is 0 Å². The van der Waals surface area contributed by atoms with Crippen molar-refractivity contribution < 1.29 is 19.3 Å². The van der Waals surface area contributed by atoms with Gasteiger partial charge in [-0.25, -0.2) is 0 Å². The molecule has 13 heavy (non-hydrogen) atoms. The van der Waals surface area contributed by atoms with Gasteiger partial charge in [0.2, 0.25) is 0 Å². The summed E-state index contributed by atoms with van der Waals surface area (Å²) in [6.45, 7) is 4.17. The highest BCUT2D eigenvalue weighted by molar-refractivity contribution is 4.43. The van der Waals surface area contributed by atoms with Crippen molar-refractivity contribution in [2.45, 2.75) is 13.2 Å². The van der Waals surface area contributed by atoms with Crippen LogP contribution in [0.4, 0.5) is 0 Å². The molecule has 0 rings (SSSR count). The minimum atomic E-state index is -0.358. The second-order valence-electron chi connectivity index (χ2n) is 2.40. The molecule has 80 valence electrons. The van der Waals surface area contributed by atoms with Crippen molar-refractivity contribution in [2.24, 2.45) is 5.73 Å². The molecule has 3 N–H and O–H groups in total. The Kier molecular flexibility index (Phi) is 9.73. The molecule has 0 bridgehead atoms. The zero-order chi connectivity index (χ0) is 9.94. The number of ether oxygens (including phenoxy) is 3. The predicted octanol–water partition coefficient (Wildman–Crippen LogP) is -0.667. The molecule has 0 amide bonds. The molecule has 0 aromatic carbocycles. The normalized spacial score (nSPS) is 13.2. The van der Waals surface area contributed by atoms with Gasteiger partial charge in [-0.3, -0.25) is 0 Å². The first kappa shape index (κ1) is 12.8. The lowest BCUT2D eigenvalue weighted by Gasteiger charge is -2.11. The highest BCUT2D eigenvalue weighted by Gasteiger charge is 1.99. The van der Waals surface area contributed by atoms with E-state index >= 15 is 0 Å². The van der Waals surface area contributed by atoms with Crippen LogP contribution in [0.5, 0.6) is 0 Å². The van der Waals surface area contributed by atoms with Crippen LogP contribution >= 0.6 is 0 Å². The second-order valence-corrected chi connectivity index (χ2v) is 2.40. The third kappa shape index (κ3) is 9.72. The summed E-state index contributed by atoms with van der Waals surface area (Å²) in [5.74, 6) is 0. The lowest BCUT2D eigenvalue weighted by atomic mass is 10.6. The van der Waals surface area contributed by atoms with Gasteiger partial charge in [0, 0.05) is 6.61 Å². The van der Waals surface area contributed by atoms with E-state index in [1.807, 2.05) is 6.92 Å². The van der Waals surface area contributed by atoms with Gasteiger partial charge < -0.3 is 25.1 Å². The van der Waals surface area contributed by atoms with Crippen molar-refractivity contribution in [1.82, 2.24) is 0 Å². The van der Waals surface area contributed by atoms with Crippen molar-refractivity contribution in [3.8, 4) is 0 Å². The fourth-order valence-electron chi connectivity index (χ4n) is 0.746. The first-order valence-corrected chi connectivity index (χ1v) is 4.44. The Morgan fingerprint density at radius 3 is 2.54 bits per heavy atom. The van der Waals surface area contributed by atoms with Crippen LogP contribution in [0.25, 0.3) is 0 Å².